The number of nitrogens with two attached hydrogens (primary N) is 1. The van der Waals surface area contributed by atoms with Gasteiger partial charge in [0.1, 0.15) is 35.3 Å². The van der Waals surface area contributed by atoms with Crippen LogP contribution in [0.4, 0.5) is 26.8 Å². The van der Waals surface area contributed by atoms with E-state index in [4.69, 9.17) is 19.9 Å². The molecule has 4 N–H and O–H groups in total. The number of fused-ring (bicyclic) bond motifs is 1. The number of alkyl halides is 1. The standard InChI is InChI=1S/C34H37FN8O5/c1-33(2,3)48-32(45)43-13-11-34(35,19-43)20-47-23-7-8-27(38-17-23)42-30(44)22-6-4-5-21(15-22)16-39-29-24-10-14-46-28(24)25(18-40-29)26-9-12-37-31(36)41-26/h4-9,12,15,17-18H,10-11,13-14,16,19-20H2,1-3H3,(H,39,40)(H2,36,37,41)(H,38,42,44)/t34-/m0/s1. The van der Waals surface area contributed by atoms with E-state index in [1.54, 1.807) is 69.6 Å². The molecule has 1 saturated heterocycles. The molecular weight excluding hydrogens is 619 g/mol. The second-order valence-corrected chi connectivity index (χ2v) is 12.7. The molecule has 3 aromatic heterocycles. The molecule has 1 atom stereocenters. The lowest BCUT2D eigenvalue weighted by Gasteiger charge is -2.25. The number of nitrogen functional groups attached to an aromatic ring is 1. The molecule has 2 aliphatic rings. The summed E-state index contributed by atoms with van der Waals surface area (Å²) in [5, 5.41) is 6.15. The van der Waals surface area contributed by atoms with E-state index >= 15 is 4.39 Å². The van der Waals surface area contributed by atoms with Crippen LogP contribution in [0.1, 0.15) is 48.7 Å². The molecule has 0 saturated carbocycles. The number of hydrogen-bond donors (Lipinski definition) is 3. The van der Waals surface area contributed by atoms with Crippen LogP contribution >= 0.6 is 0 Å². The van der Waals surface area contributed by atoms with Gasteiger partial charge in [-0.25, -0.2) is 29.1 Å². The van der Waals surface area contributed by atoms with Crippen LogP contribution in [0, 0.1) is 0 Å². The molecule has 1 fully saturated rings. The monoisotopic (exact) mass is 656 g/mol. The van der Waals surface area contributed by atoms with Crippen molar-refractivity contribution in [2.75, 3.05) is 42.7 Å². The number of anilines is 3. The Labute approximate surface area is 277 Å². The Morgan fingerprint density at radius 2 is 1.98 bits per heavy atom. The number of carbonyl (C=O) groups is 2. The van der Waals surface area contributed by atoms with Gasteiger partial charge in [0.25, 0.3) is 5.91 Å². The van der Waals surface area contributed by atoms with Crippen molar-refractivity contribution in [1.82, 2.24) is 24.8 Å². The van der Waals surface area contributed by atoms with Crippen LogP contribution in [0.25, 0.3) is 11.3 Å². The number of nitrogens with one attached hydrogen (secondary N) is 2. The Hall–Kier alpha value is -5.53. The van der Waals surface area contributed by atoms with E-state index in [0.717, 1.165) is 22.4 Å². The van der Waals surface area contributed by atoms with Gasteiger partial charge in [0, 0.05) is 49.5 Å². The van der Waals surface area contributed by atoms with Crippen molar-refractivity contribution in [2.45, 2.75) is 51.4 Å². The number of aromatic nitrogens is 4. The SMILES string of the molecule is CC(C)(C)OC(=O)N1CC[C@@](F)(COc2ccc(NC(=O)c3cccc(CNc4ncc(-c5ccnc(N)n5)c5c4CCO5)c3)nc2)C1. The van der Waals surface area contributed by atoms with Gasteiger partial charge in [-0.3, -0.25) is 4.79 Å². The van der Waals surface area contributed by atoms with Crippen molar-refractivity contribution >= 4 is 29.6 Å². The second-order valence-electron chi connectivity index (χ2n) is 12.7. The zero-order chi connectivity index (χ0) is 33.9. The molecule has 5 heterocycles. The van der Waals surface area contributed by atoms with Crippen LogP contribution in [-0.2, 0) is 17.7 Å². The molecule has 2 amide bonds. The molecule has 14 heteroatoms. The van der Waals surface area contributed by atoms with Crippen molar-refractivity contribution in [1.29, 1.82) is 0 Å². The highest BCUT2D eigenvalue weighted by atomic mass is 19.1. The number of rotatable bonds is 9. The maximum atomic E-state index is 15.3. The Morgan fingerprint density at radius 3 is 2.75 bits per heavy atom. The van der Waals surface area contributed by atoms with Crippen LogP contribution in [0.3, 0.4) is 0 Å². The summed E-state index contributed by atoms with van der Waals surface area (Å²) in [6.07, 6.45) is 5.00. The van der Waals surface area contributed by atoms with Crippen LogP contribution in [0.5, 0.6) is 11.5 Å². The molecule has 0 spiro atoms. The van der Waals surface area contributed by atoms with Gasteiger partial charge >= 0.3 is 6.09 Å². The smallest absolute Gasteiger partial charge is 0.410 e. The molecule has 1 aromatic carbocycles. The largest absolute Gasteiger partial charge is 0.492 e. The molecule has 250 valence electrons. The highest BCUT2D eigenvalue weighted by Gasteiger charge is 2.42. The van der Waals surface area contributed by atoms with Crippen molar-refractivity contribution in [3.8, 4) is 22.8 Å². The van der Waals surface area contributed by atoms with E-state index in [1.807, 2.05) is 6.07 Å². The molecular formula is C34H37FN8O5. The minimum atomic E-state index is -1.70. The second kappa shape index (κ2) is 13.3. The van der Waals surface area contributed by atoms with E-state index in [2.05, 4.69) is 30.6 Å². The van der Waals surface area contributed by atoms with Gasteiger partial charge in [-0.05, 0) is 56.7 Å². The molecule has 13 nitrogen and oxygen atoms in total. The molecule has 2 aliphatic heterocycles. The van der Waals surface area contributed by atoms with Crippen molar-refractivity contribution in [2.24, 2.45) is 0 Å². The summed E-state index contributed by atoms with van der Waals surface area (Å²) in [4.78, 5) is 43.8. The predicted molar refractivity (Wildman–Crippen MR) is 177 cm³/mol. The molecule has 0 aliphatic carbocycles. The fourth-order valence-electron chi connectivity index (χ4n) is 5.43. The molecule has 0 bridgehead atoms. The number of halogens is 1. The van der Waals surface area contributed by atoms with E-state index in [-0.39, 0.29) is 38.0 Å². The third kappa shape index (κ3) is 7.70. The Morgan fingerprint density at radius 1 is 1.12 bits per heavy atom. The number of pyridine rings is 2. The zero-order valence-corrected chi connectivity index (χ0v) is 27.0. The summed E-state index contributed by atoms with van der Waals surface area (Å²) in [6.45, 7) is 6.15. The van der Waals surface area contributed by atoms with E-state index in [0.29, 0.717) is 48.2 Å². The number of nitrogens with zero attached hydrogens (tertiary/aromatic N) is 5. The maximum Gasteiger partial charge on any atom is 0.410 e. The van der Waals surface area contributed by atoms with Gasteiger partial charge in [0.2, 0.25) is 5.95 Å². The molecule has 0 radical (unpaired) electrons. The van der Waals surface area contributed by atoms with Gasteiger partial charge in [0.05, 0.1) is 30.6 Å². The number of ether oxygens (including phenoxy) is 3. The molecule has 4 aromatic rings. The lowest BCUT2D eigenvalue weighted by atomic mass is 10.1. The number of amides is 2. The molecule has 6 rings (SSSR count). The Kier molecular flexibility index (Phi) is 8.98. The highest BCUT2D eigenvalue weighted by Crippen LogP contribution is 2.39. The zero-order valence-electron chi connectivity index (χ0n) is 27.0. The predicted octanol–water partition coefficient (Wildman–Crippen LogP) is 5.04. The first kappa shape index (κ1) is 32.4. The summed E-state index contributed by atoms with van der Waals surface area (Å²) in [5.41, 5.74) is 7.07. The van der Waals surface area contributed by atoms with Gasteiger partial charge in [-0.15, -0.1) is 0 Å². The minimum absolute atomic E-state index is 0.114. The summed E-state index contributed by atoms with van der Waals surface area (Å²) in [6, 6.07) is 12.2. The summed E-state index contributed by atoms with van der Waals surface area (Å²) < 4.78 is 32.2. The maximum absolute atomic E-state index is 15.3. The number of hydrogen-bond acceptors (Lipinski definition) is 11. The minimum Gasteiger partial charge on any atom is -0.492 e. The average Bonchev–Trinajstić information content (AvgIpc) is 3.71. The summed E-state index contributed by atoms with van der Waals surface area (Å²) in [7, 11) is 0. The average molecular weight is 657 g/mol. The summed E-state index contributed by atoms with van der Waals surface area (Å²) >= 11 is 0. The quantitative estimate of drug-likeness (QED) is 0.221. The van der Waals surface area contributed by atoms with Gasteiger partial charge in [-0.1, -0.05) is 12.1 Å². The Balaban J connectivity index is 1.02. The number of carbonyl (C=O) groups excluding carboxylic acids is 2. The van der Waals surface area contributed by atoms with Crippen LogP contribution in [0.2, 0.25) is 0 Å². The lowest BCUT2D eigenvalue weighted by molar-refractivity contribution is 0.0230. The molecule has 48 heavy (non-hydrogen) atoms. The van der Waals surface area contributed by atoms with Gasteiger partial charge in [-0.2, -0.15) is 0 Å². The normalized spacial score (nSPS) is 17.0. The van der Waals surface area contributed by atoms with Gasteiger partial charge < -0.3 is 35.5 Å². The van der Waals surface area contributed by atoms with Crippen molar-refractivity contribution in [3.63, 3.8) is 0 Å². The van der Waals surface area contributed by atoms with E-state index in [1.165, 1.54) is 11.1 Å². The first-order chi connectivity index (χ1) is 22.9. The third-order valence-corrected chi connectivity index (χ3v) is 7.76. The number of benzene rings is 1. The van der Waals surface area contributed by atoms with E-state index < -0.39 is 17.4 Å². The molecule has 0 unspecified atom stereocenters. The van der Waals surface area contributed by atoms with Crippen molar-refractivity contribution in [3.05, 3.63) is 77.7 Å². The summed E-state index contributed by atoms with van der Waals surface area (Å²) in [5.74, 6) is 1.90. The van der Waals surface area contributed by atoms with Crippen LogP contribution in [-0.4, -0.2) is 74.4 Å². The topological polar surface area (TPSA) is 167 Å². The van der Waals surface area contributed by atoms with Crippen LogP contribution in [0.15, 0.2) is 61.1 Å². The van der Waals surface area contributed by atoms with E-state index in [9.17, 15) is 9.59 Å². The first-order valence-corrected chi connectivity index (χ1v) is 15.6. The van der Waals surface area contributed by atoms with Crippen LogP contribution < -0.4 is 25.8 Å². The Bertz CT molecular complexity index is 1820. The van der Waals surface area contributed by atoms with Crippen molar-refractivity contribution < 1.29 is 28.2 Å². The number of likely N-dealkylation sites (tertiary alicyclic amines) is 1. The third-order valence-electron chi connectivity index (χ3n) is 7.76. The van der Waals surface area contributed by atoms with Gasteiger partial charge in [0.15, 0.2) is 5.67 Å². The fraction of sp³-hybridized carbons (Fsp3) is 0.353. The lowest BCUT2D eigenvalue weighted by Crippen LogP contribution is -2.39. The highest BCUT2D eigenvalue weighted by molar-refractivity contribution is 6.03. The fourth-order valence-corrected chi connectivity index (χ4v) is 5.43. The first-order valence-electron chi connectivity index (χ1n) is 15.6.